The lowest BCUT2D eigenvalue weighted by atomic mass is 9.94. The fourth-order valence-corrected chi connectivity index (χ4v) is 3.56. The smallest absolute Gasteiger partial charge is 0.150 e. The van der Waals surface area contributed by atoms with Gasteiger partial charge in [0, 0.05) is 11.6 Å². The predicted octanol–water partition coefficient (Wildman–Crippen LogP) is 0.952. The van der Waals surface area contributed by atoms with Crippen LogP contribution in [-0.4, -0.2) is 31.5 Å². The van der Waals surface area contributed by atoms with Crippen LogP contribution in [0.25, 0.3) is 0 Å². The Labute approximate surface area is 80.8 Å². The summed E-state index contributed by atoms with van der Waals surface area (Å²) in [4.78, 5) is 0. The summed E-state index contributed by atoms with van der Waals surface area (Å²) in [7, 11) is -2.73. The fourth-order valence-electron chi connectivity index (χ4n) is 1.83. The van der Waals surface area contributed by atoms with E-state index in [0.717, 1.165) is 12.8 Å². The highest BCUT2D eigenvalue weighted by Crippen LogP contribution is 2.23. The third-order valence-electron chi connectivity index (χ3n) is 2.57. The Morgan fingerprint density at radius 3 is 2.08 bits per heavy atom. The van der Waals surface area contributed by atoms with Gasteiger partial charge in [0.1, 0.15) is 9.84 Å². The summed E-state index contributed by atoms with van der Waals surface area (Å²) in [6, 6.07) is 0.422. The van der Waals surface area contributed by atoms with Gasteiger partial charge in [-0.15, -0.1) is 0 Å². The van der Waals surface area contributed by atoms with E-state index in [1.165, 1.54) is 0 Å². The molecule has 0 unspecified atom stereocenters. The molecule has 0 atom stereocenters. The van der Waals surface area contributed by atoms with E-state index in [1.807, 2.05) is 0 Å². The summed E-state index contributed by atoms with van der Waals surface area (Å²) < 4.78 is 22.4. The number of sulfone groups is 1. The predicted molar refractivity (Wildman–Crippen MR) is 54.6 cm³/mol. The maximum absolute atomic E-state index is 11.2. The van der Waals surface area contributed by atoms with Crippen molar-refractivity contribution >= 4 is 9.84 Å². The highest BCUT2D eigenvalue weighted by Gasteiger charge is 2.33. The van der Waals surface area contributed by atoms with Crippen LogP contribution in [0.15, 0.2) is 0 Å². The topological polar surface area (TPSA) is 46.2 Å². The molecule has 3 nitrogen and oxygen atoms in total. The first-order chi connectivity index (χ1) is 5.83. The first-order valence-electron chi connectivity index (χ1n) is 4.81. The van der Waals surface area contributed by atoms with E-state index in [0.29, 0.717) is 17.5 Å². The average molecular weight is 205 g/mol. The second kappa shape index (κ2) is 3.58. The fraction of sp³-hybridized carbons (Fsp3) is 1.00. The SMILES string of the molecule is CC(C)NC1(C)CCS(=O)(=O)CC1. The van der Waals surface area contributed by atoms with Crippen LogP contribution in [0, 0.1) is 0 Å². The molecule has 1 aliphatic heterocycles. The van der Waals surface area contributed by atoms with Crippen molar-refractivity contribution in [1.82, 2.24) is 5.32 Å². The van der Waals surface area contributed by atoms with Crippen LogP contribution in [0.3, 0.4) is 0 Å². The van der Waals surface area contributed by atoms with Crippen molar-refractivity contribution in [3.63, 3.8) is 0 Å². The molecule has 78 valence electrons. The van der Waals surface area contributed by atoms with Crippen molar-refractivity contribution in [1.29, 1.82) is 0 Å². The van der Waals surface area contributed by atoms with E-state index in [4.69, 9.17) is 0 Å². The Bertz CT molecular complexity index is 255. The van der Waals surface area contributed by atoms with Crippen molar-refractivity contribution in [3.8, 4) is 0 Å². The van der Waals surface area contributed by atoms with Crippen LogP contribution in [0.2, 0.25) is 0 Å². The monoisotopic (exact) mass is 205 g/mol. The molecular weight excluding hydrogens is 186 g/mol. The van der Waals surface area contributed by atoms with Gasteiger partial charge in [0.15, 0.2) is 0 Å². The number of hydrogen-bond acceptors (Lipinski definition) is 3. The minimum Gasteiger partial charge on any atom is -0.309 e. The molecule has 1 heterocycles. The van der Waals surface area contributed by atoms with Gasteiger partial charge in [-0.2, -0.15) is 0 Å². The molecule has 0 aromatic rings. The van der Waals surface area contributed by atoms with Crippen LogP contribution in [0.1, 0.15) is 33.6 Å². The lowest BCUT2D eigenvalue weighted by molar-refractivity contribution is 0.298. The van der Waals surface area contributed by atoms with Crippen molar-refractivity contribution in [3.05, 3.63) is 0 Å². The maximum Gasteiger partial charge on any atom is 0.150 e. The van der Waals surface area contributed by atoms with Gasteiger partial charge in [-0.25, -0.2) is 8.42 Å². The first-order valence-corrected chi connectivity index (χ1v) is 6.63. The van der Waals surface area contributed by atoms with Gasteiger partial charge in [-0.1, -0.05) is 13.8 Å². The zero-order valence-corrected chi connectivity index (χ0v) is 9.45. The van der Waals surface area contributed by atoms with Crippen LogP contribution in [0.4, 0.5) is 0 Å². The molecule has 13 heavy (non-hydrogen) atoms. The van der Waals surface area contributed by atoms with Gasteiger partial charge in [-0.3, -0.25) is 0 Å². The van der Waals surface area contributed by atoms with E-state index in [-0.39, 0.29) is 5.54 Å². The molecule has 1 N–H and O–H groups in total. The van der Waals surface area contributed by atoms with Crippen molar-refractivity contribution in [2.45, 2.75) is 45.2 Å². The van der Waals surface area contributed by atoms with Crippen LogP contribution in [-0.2, 0) is 9.84 Å². The largest absolute Gasteiger partial charge is 0.309 e. The summed E-state index contributed by atoms with van der Waals surface area (Å²) in [5, 5.41) is 3.43. The number of hydrogen-bond donors (Lipinski definition) is 1. The zero-order valence-electron chi connectivity index (χ0n) is 8.63. The van der Waals surface area contributed by atoms with E-state index in [2.05, 4.69) is 26.1 Å². The van der Waals surface area contributed by atoms with Crippen LogP contribution in [0.5, 0.6) is 0 Å². The summed E-state index contributed by atoms with van der Waals surface area (Å²) >= 11 is 0. The van der Waals surface area contributed by atoms with E-state index >= 15 is 0 Å². The average Bonchev–Trinajstić information content (AvgIpc) is 1.95. The molecule has 4 heteroatoms. The van der Waals surface area contributed by atoms with Gasteiger partial charge in [0.05, 0.1) is 11.5 Å². The molecule has 0 bridgehead atoms. The van der Waals surface area contributed by atoms with Crippen molar-refractivity contribution < 1.29 is 8.42 Å². The van der Waals surface area contributed by atoms with Crippen LogP contribution < -0.4 is 5.32 Å². The molecule has 0 aromatic heterocycles. The van der Waals surface area contributed by atoms with Gasteiger partial charge < -0.3 is 5.32 Å². The maximum atomic E-state index is 11.2. The van der Waals surface area contributed by atoms with E-state index in [9.17, 15) is 8.42 Å². The molecule has 0 saturated carbocycles. The molecule has 0 amide bonds. The Morgan fingerprint density at radius 2 is 1.69 bits per heavy atom. The summed E-state index contributed by atoms with van der Waals surface area (Å²) in [5.74, 6) is 0.673. The summed E-state index contributed by atoms with van der Waals surface area (Å²) in [6.45, 7) is 6.30. The van der Waals surface area contributed by atoms with Crippen molar-refractivity contribution in [2.75, 3.05) is 11.5 Å². The number of nitrogens with one attached hydrogen (secondary N) is 1. The molecule has 0 spiro atoms. The Morgan fingerprint density at radius 1 is 1.23 bits per heavy atom. The van der Waals surface area contributed by atoms with Gasteiger partial charge in [0.25, 0.3) is 0 Å². The third-order valence-corrected chi connectivity index (χ3v) is 4.22. The Kier molecular flexibility index (Phi) is 3.02. The third kappa shape index (κ3) is 3.27. The van der Waals surface area contributed by atoms with E-state index in [1.54, 1.807) is 0 Å². The van der Waals surface area contributed by atoms with Crippen molar-refractivity contribution in [2.24, 2.45) is 0 Å². The molecule has 1 rings (SSSR count). The molecule has 0 radical (unpaired) electrons. The lowest BCUT2D eigenvalue weighted by Crippen LogP contribution is -2.51. The van der Waals surface area contributed by atoms with E-state index < -0.39 is 9.84 Å². The molecule has 1 aliphatic rings. The molecule has 0 aliphatic carbocycles. The second-order valence-corrected chi connectivity index (χ2v) is 6.82. The van der Waals surface area contributed by atoms with Gasteiger partial charge in [0.2, 0.25) is 0 Å². The minimum atomic E-state index is -2.73. The summed E-state index contributed by atoms with van der Waals surface area (Å²) in [6.07, 6.45) is 1.49. The van der Waals surface area contributed by atoms with Gasteiger partial charge >= 0.3 is 0 Å². The van der Waals surface area contributed by atoms with Crippen LogP contribution >= 0.6 is 0 Å². The molecule has 1 saturated heterocycles. The summed E-state index contributed by atoms with van der Waals surface area (Å²) in [5.41, 5.74) is 0.0273. The molecule has 0 aromatic carbocycles. The highest BCUT2D eigenvalue weighted by molar-refractivity contribution is 7.91. The highest BCUT2D eigenvalue weighted by atomic mass is 32.2. The Hall–Kier alpha value is -0.0900. The van der Waals surface area contributed by atoms with Gasteiger partial charge in [-0.05, 0) is 19.8 Å². The standard InChI is InChI=1S/C9H19NO2S/c1-8(2)10-9(3)4-6-13(11,12)7-5-9/h8,10H,4-7H2,1-3H3. The minimum absolute atomic E-state index is 0.0273. The normalized spacial score (nSPS) is 26.2. The second-order valence-electron chi connectivity index (χ2n) is 4.51. The molecular formula is C9H19NO2S. The number of rotatable bonds is 2. The zero-order chi connectivity index (χ0) is 10.1. The Balaban J connectivity index is 2.56. The lowest BCUT2D eigenvalue weighted by Gasteiger charge is -2.36. The molecule has 1 fully saturated rings. The quantitative estimate of drug-likeness (QED) is 0.730. The first kappa shape index (κ1) is 11.0.